The first-order valence-electron chi connectivity index (χ1n) is 11.1. The van der Waals surface area contributed by atoms with Crippen LogP contribution in [0.25, 0.3) is 5.69 Å². The van der Waals surface area contributed by atoms with Crippen molar-refractivity contribution >= 4 is 11.6 Å². The van der Waals surface area contributed by atoms with Crippen molar-refractivity contribution in [1.29, 1.82) is 0 Å². The van der Waals surface area contributed by atoms with Gasteiger partial charge in [-0.15, -0.1) is 0 Å². The largest absolute Gasteiger partial charge is 0.497 e. The van der Waals surface area contributed by atoms with E-state index in [0.717, 1.165) is 60.6 Å². The smallest absolute Gasteiger partial charge is 0.416 e. The summed E-state index contributed by atoms with van der Waals surface area (Å²) in [5.74, 6) is -0.415. The molecule has 180 valence electrons. The molecule has 34 heavy (non-hydrogen) atoms. The Morgan fingerprint density at radius 1 is 1.12 bits per heavy atom. The minimum Gasteiger partial charge on any atom is -0.497 e. The number of rotatable bonds is 5. The predicted octanol–water partition coefficient (Wildman–Crippen LogP) is 5.24. The number of piperidine rings is 1. The van der Waals surface area contributed by atoms with E-state index in [2.05, 4.69) is 15.7 Å². The van der Waals surface area contributed by atoms with Crippen LogP contribution in [0.4, 0.5) is 18.9 Å². The first-order chi connectivity index (χ1) is 16.2. The molecule has 0 radical (unpaired) electrons. The second-order valence-corrected chi connectivity index (χ2v) is 8.55. The first kappa shape index (κ1) is 23.8. The molecule has 6 nitrogen and oxygen atoms in total. The van der Waals surface area contributed by atoms with Gasteiger partial charge in [-0.05, 0) is 75.2 Å². The summed E-state index contributed by atoms with van der Waals surface area (Å²) in [6.07, 6.45) is -1.42. The SMILES string of the molecule is COc1cc(NC(=O)c2cnn(-c3ccc(C)c(C)c3)c2C2CCNCC2)cc(C(F)(F)F)c1. The minimum absolute atomic E-state index is 0.00636. The molecule has 0 saturated carbocycles. The molecule has 1 aliphatic rings. The van der Waals surface area contributed by atoms with Crippen molar-refractivity contribution in [2.24, 2.45) is 0 Å². The van der Waals surface area contributed by atoms with Crippen LogP contribution in [0.15, 0.2) is 42.6 Å². The Balaban J connectivity index is 1.73. The van der Waals surface area contributed by atoms with Gasteiger partial charge in [0.15, 0.2) is 0 Å². The molecular formula is C25H27F3N4O2. The third-order valence-electron chi connectivity index (χ3n) is 6.24. The van der Waals surface area contributed by atoms with Gasteiger partial charge in [0.25, 0.3) is 5.91 Å². The number of amides is 1. The number of halogens is 3. The Bertz CT molecular complexity index is 1200. The van der Waals surface area contributed by atoms with E-state index in [4.69, 9.17) is 4.74 Å². The number of nitrogens with zero attached hydrogens (tertiary/aromatic N) is 2. The standard InChI is InChI=1S/C25H27F3N4O2/c1-15-4-5-20(10-16(15)2)32-23(17-6-8-29-9-7-17)22(14-30-32)24(33)31-19-11-18(25(26,27)28)12-21(13-19)34-3/h4-5,10-14,17,29H,6-9H2,1-3H3,(H,31,33). The monoisotopic (exact) mass is 472 g/mol. The molecule has 2 heterocycles. The number of nitrogens with one attached hydrogen (secondary N) is 2. The fraction of sp³-hybridized carbons (Fsp3) is 0.360. The average Bonchev–Trinajstić information content (AvgIpc) is 3.26. The van der Waals surface area contributed by atoms with Gasteiger partial charge in [0.2, 0.25) is 0 Å². The number of carbonyl (C=O) groups is 1. The zero-order valence-electron chi connectivity index (χ0n) is 19.3. The van der Waals surface area contributed by atoms with Gasteiger partial charge in [-0.25, -0.2) is 4.68 Å². The minimum atomic E-state index is -4.57. The highest BCUT2D eigenvalue weighted by Gasteiger charge is 2.32. The van der Waals surface area contributed by atoms with Gasteiger partial charge >= 0.3 is 6.18 Å². The van der Waals surface area contributed by atoms with Gasteiger partial charge in [0, 0.05) is 17.7 Å². The fourth-order valence-corrected chi connectivity index (χ4v) is 4.24. The van der Waals surface area contributed by atoms with Gasteiger partial charge in [-0.1, -0.05) is 6.07 Å². The molecule has 0 spiro atoms. The third kappa shape index (κ3) is 4.94. The second kappa shape index (κ2) is 9.50. The maximum atomic E-state index is 13.3. The quantitative estimate of drug-likeness (QED) is 0.533. The summed E-state index contributed by atoms with van der Waals surface area (Å²) in [5, 5.41) is 10.5. The number of aryl methyl sites for hydroxylation is 2. The number of hydrogen-bond acceptors (Lipinski definition) is 4. The van der Waals surface area contributed by atoms with Crippen LogP contribution in [-0.2, 0) is 6.18 Å². The van der Waals surface area contributed by atoms with Crippen molar-refractivity contribution in [2.75, 3.05) is 25.5 Å². The molecule has 1 fully saturated rings. The highest BCUT2D eigenvalue weighted by Crippen LogP contribution is 2.35. The molecule has 9 heteroatoms. The van der Waals surface area contributed by atoms with E-state index in [9.17, 15) is 18.0 Å². The van der Waals surface area contributed by atoms with Gasteiger partial charge < -0.3 is 15.4 Å². The molecule has 4 rings (SSSR count). The lowest BCUT2D eigenvalue weighted by Gasteiger charge is -2.25. The van der Waals surface area contributed by atoms with Crippen LogP contribution >= 0.6 is 0 Å². The van der Waals surface area contributed by atoms with Crippen LogP contribution in [0, 0.1) is 13.8 Å². The Kier molecular flexibility index (Phi) is 6.65. The first-order valence-corrected chi connectivity index (χ1v) is 11.1. The van der Waals surface area contributed by atoms with E-state index in [1.54, 1.807) is 4.68 Å². The molecule has 1 aliphatic heterocycles. The molecule has 0 atom stereocenters. The molecule has 2 N–H and O–H groups in total. The molecule has 1 saturated heterocycles. The summed E-state index contributed by atoms with van der Waals surface area (Å²) in [6, 6.07) is 9.15. The topological polar surface area (TPSA) is 68.2 Å². The number of ether oxygens (including phenoxy) is 1. The maximum absolute atomic E-state index is 13.3. The van der Waals surface area contributed by atoms with Gasteiger partial charge in [-0.3, -0.25) is 4.79 Å². The van der Waals surface area contributed by atoms with E-state index in [-0.39, 0.29) is 17.4 Å². The summed E-state index contributed by atoms with van der Waals surface area (Å²) in [4.78, 5) is 13.3. The fourth-order valence-electron chi connectivity index (χ4n) is 4.24. The van der Waals surface area contributed by atoms with E-state index in [1.165, 1.54) is 19.4 Å². The molecule has 1 aromatic heterocycles. The number of benzene rings is 2. The van der Waals surface area contributed by atoms with Crippen LogP contribution in [0.3, 0.4) is 0 Å². The Hall–Kier alpha value is -3.33. The van der Waals surface area contributed by atoms with Crippen LogP contribution in [0.2, 0.25) is 0 Å². The van der Waals surface area contributed by atoms with Gasteiger partial charge in [-0.2, -0.15) is 18.3 Å². The average molecular weight is 473 g/mol. The Labute approximate surface area is 196 Å². The lowest BCUT2D eigenvalue weighted by Crippen LogP contribution is -2.29. The van der Waals surface area contributed by atoms with Crippen molar-refractivity contribution in [1.82, 2.24) is 15.1 Å². The number of alkyl halides is 3. The molecule has 0 bridgehead atoms. The van der Waals surface area contributed by atoms with Crippen LogP contribution < -0.4 is 15.4 Å². The normalized spacial score (nSPS) is 14.8. The van der Waals surface area contributed by atoms with Gasteiger partial charge in [0.05, 0.1) is 35.8 Å². The van der Waals surface area contributed by atoms with E-state index in [1.807, 2.05) is 32.0 Å². The predicted molar refractivity (Wildman–Crippen MR) is 124 cm³/mol. The Morgan fingerprint density at radius 2 is 1.85 bits per heavy atom. The van der Waals surface area contributed by atoms with Crippen molar-refractivity contribution in [3.63, 3.8) is 0 Å². The zero-order chi connectivity index (χ0) is 24.5. The van der Waals surface area contributed by atoms with Gasteiger partial charge in [0.1, 0.15) is 5.75 Å². The highest BCUT2D eigenvalue weighted by atomic mass is 19.4. The number of aromatic nitrogens is 2. The molecular weight excluding hydrogens is 445 g/mol. The lowest BCUT2D eigenvalue weighted by molar-refractivity contribution is -0.137. The summed E-state index contributed by atoms with van der Waals surface area (Å²) >= 11 is 0. The van der Waals surface area contributed by atoms with Crippen molar-refractivity contribution in [3.8, 4) is 11.4 Å². The van der Waals surface area contributed by atoms with Crippen LogP contribution in [0.1, 0.15) is 51.5 Å². The van der Waals surface area contributed by atoms with E-state index in [0.29, 0.717) is 5.56 Å². The van der Waals surface area contributed by atoms with Crippen molar-refractivity contribution in [3.05, 3.63) is 70.5 Å². The van der Waals surface area contributed by atoms with Crippen LogP contribution in [0.5, 0.6) is 5.75 Å². The summed E-state index contributed by atoms with van der Waals surface area (Å²) in [5.41, 5.74) is 3.32. The van der Waals surface area contributed by atoms with E-state index >= 15 is 0 Å². The number of carbonyl (C=O) groups excluding carboxylic acids is 1. The number of hydrogen-bond donors (Lipinski definition) is 2. The Morgan fingerprint density at radius 3 is 2.50 bits per heavy atom. The zero-order valence-corrected chi connectivity index (χ0v) is 19.3. The molecule has 0 aliphatic carbocycles. The highest BCUT2D eigenvalue weighted by molar-refractivity contribution is 6.05. The summed E-state index contributed by atoms with van der Waals surface area (Å²) in [7, 11) is 1.28. The number of methoxy groups -OCH3 is 1. The second-order valence-electron chi connectivity index (χ2n) is 8.55. The molecule has 3 aromatic rings. The third-order valence-corrected chi connectivity index (χ3v) is 6.24. The van der Waals surface area contributed by atoms with E-state index < -0.39 is 17.6 Å². The number of anilines is 1. The lowest BCUT2D eigenvalue weighted by atomic mass is 9.91. The summed E-state index contributed by atoms with van der Waals surface area (Å²) in [6.45, 7) is 5.67. The molecule has 0 unspecified atom stereocenters. The van der Waals surface area contributed by atoms with Crippen molar-refractivity contribution in [2.45, 2.75) is 38.8 Å². The van der Waals surface area contributed by atoms with Crippen LogP contribution in [-0.4, -0.2) is 35.9 Å². The molecule has 1 amide bonds. The maximum Gasteiger partial charge on any atom is 0.416 e. The molecule has 2 aromatic carbocycles. The van der Waals surface area contributed by atoms with Crippen molar-refractivity contribution < 1.29 is 22.7 Å². The summed E-state index contributed by atoms with van der Waals surface area (Å²) < 4.78 is 46.7.